The van der Waals surface area contributed by atoms with Gasteiger partial charge in [0, 0.05) is 5.56 Å². The van der Waals surface area contributed by atoms with E-state index >= 15 is 0 Å². The fourth-order valence-electron chi connectivity index (χ4n) is 2.64. The van der Waals surface area contributed by atoms with Gasteiger partial charge in [0.25, 0.3) is 5.23 Å². The number of aliphatic imine (C=N–C) groups is 1. The second-order valence-corrected chi connectivity index (χ2v) is 6.21. The quantitative estimate of drug-likeness (QED) is 0.345. The highest BCUT2D eigenvalue weighted by molar-refractivity contribution is 8.08. The Labute approximate surface area is 152 Å². The van der Waals surface area contributed by atoms with Crippen molar-refractivity contribution >= 4 is 23.0 Å². The molecule has 126 valence electrons. The van der Waals surface area contributed by atoms with Gasteiger partial charge in [-0.3, -0.25) is 0 Å². The molecule has 0 saturated heterocycles. The Bertz CT molecular complexity index is 871. The van der Waals surface area contributed by atoms with E-state index in [0.717, 1.165) is 27.9 Å². The van der Waals surface area contributed by atoms with Crippen LogP contribution in [0.15, 0.2) is 77.8 Å². The van der Waals surface area contributed by atoms with Crippen molar-refractivity contribution in [2.24, 2.45) is 4.99 Å². The Hall–Kier alpha value is -2.56. The van der Waals surface area contributed by atoms with E-state index in [4.69, 9.17) is 4.74 Å². The molecule has 0 bridgehead atoms. The molecule has 3 aromatic carbocycles. The Balaban J connectivity index is 1.97. The average Bonchev–Trinajstić information content (AvgIpc) is 2.65. The van der Waals surface area contributed by atoms with Gasteiger partial charge in [0.1, 0.15) is 5.75 Å². The summed E-state index contributed by atoms with van der Waals surface area (Å²) in [6.07, 6.45) is 0. The molecule has 0 aliphatic carbocycles. The summed E-state index contributed by atoms with van der Waals surface area (Å²) in [5.41, 5.74) is 4.88. The zero-order chi connectivity index (χ0) is 17.6. The topological polar surface area (TPSA) is 41.8 Å². The van der Waals surface area contributed by atoms with E-state index in [1.54, 1.807) is 0 Å². The van der Waals surface area contributed by atoms with Crippen molar-refractivity contribution in [3.63, 3.8) is 0 Å². The summed E-state index contributed by atoms with van der Waals surface area (Å²) in [4.78, 5) is 4.51. The third-order valence-electron chi connectivity index (χ3n) is 3.89. The van der Waals surface area contributed by atoms with Crippen molar-refractivity contribution in [3.8, 4) is 16.9 Å². The summed E-state index contributed by atoms with van der Waals surface area (Å²) in [5.74, 6) is 0.653. The van der Waals surface area contributed by atoms with Gasteiger partial charge in [-0.15, -0.1) is 0 Å². The van der Waals surface area contributed by atoms with E-state index in [9.17, 15) is 4.55 Å². The number of hydrogen-bond acceptors (Lipinski definition) is 4. The van der Waals surface area contributed by atoms with Crippen molar-refractivity contribution in [2.75, 3.05) is 0 Å². The van der Waals surface area contributed by atoms with E-state index in [0.29, 0.717) is 17.8 Å². The molecule has 3 nitrogen and oxygen atoms in total. The van der Waals surface area contributed by atoms with Crippen LogP contribution in [0.2, 0.25) is 0 Å². The SMILES string of the molecule is Cc1cccc(C)c1N=C(Oc1ccccc1-c1ccccc1)SO. The Morgan fingerprint density at radius 1 is 0.840 bits per heavy atom. The van der Waals surface area contributed by atoms with Crippen molar-refractivity contribution < 1.29 is 9.29 Å². The minimum Gasteiger partial charge on any atom is -0.431 e. The standard InChI is InChI=1S/C21H19NO2S/c1-15-9-8-10-16(2)20(15)22-21(25-23)24-19-14-7-6-13-18(19)17-11-4-3-5-12-17/h3-14,23H,1-2H3. The minimum absolute atomic E-state index is 0.195. The molecule has 0 radical (unpaired) electrons. The number of rotatable bonds is 3. The molecule has 1 N–H and O–H groups in total. The molecular weight excluding hydrogens is 330 g/mol. The summed E-state index contributed by atoms with van der Waals surface area (Å²) in [6.45, 7) is 3.98. The van der Waals surface area contributed by atoms with E-state index < -0.39 is 0 Å². The van der Waals surface area contributed by atoms with E-state index in [-0.39, 0.29) is 5.23 Å². The molecule has 0 aliphatic heterocycles. The molecule has 0 unspecified atom stereocenters. The second kappa shape index (κ2) is 8.01. The first-order valence-electron chi connectivity index (χ1n) is 7.97. The maximum absolute atomic E-state index is 9.65. The van der Waals surface area contributed by atoms with Crippen molar-refractivity contribution in [1.82, 2.24) is 0 Å². The third kappa shape index (κ3) is 4.10. The van der Waals surface area contributed by atoms with E-state index in [1.165, 1.54) is 0 Å². The molecule has 3 aromatic rings. The molecule has 0 atom stereocenters. The van der Waals surface area contributed by atoms with E-state index in [2.05, 4.69) is 4.99 Å². The zero-order valence-corrected chi connectivity index (χ0v) is 15.0. The fraction of sp³-hybridized carbons (Fsp3) is 0.0952. The maximum Gasteiger partial charge on any atom is 0.284 e. The summed E-state index contributed by atoms with van der Waals surface area (Å²) >= 11 is 0.509. The minimum atomic E-state index is 0.195. The van der Waals surface area contributed by atoms with Gasteiger partial charge < -0.3 is 9.29 Å². The number of aryl methyl sites for hydroxylation is 2. The van der Waals surface area contributed by atoms with Gasteiger partial charge in [0.05, 0.1) is 17.7 Å². The Morgan fingerprint density at radius 2 is 1.48 bits per heavy atom. The first-order chi connectivity index (χ1) is 12.2. The van der Waals surface area contributed by atoms with Crippen molar-refractivity contribution in [2.45, 2.75) is 13.8 Å². The number of ether oxygens (including phenoxy) is 1. The van der Waals surface area contributed by atoms with Gasteiger partial charge in [-0.05, 0) is 36.6 Å². The summed E-state index contributed by atoms with van der Waals surface area (Å²) in [5, 5.41) is 0.195. The number of hydrogen-bond donors (Lipinski definition) is 1. The number of para-hydroxylation sites is 2. The summed E-state index contributed by atoms with van der Waals surface area (Å²) < 4.78 is 15.6. The molecule has 0 heterocycles. The predicted molar refractivity (Wildman–Crippen MR) is 106 cm³/mol. The summed E-state index contributed by atoms with van der Waals surface area (Å²) in [6, 6.07) is 23.7. The first kappa shape index (κ1) is 17.3. The molecular formula is C21H19NO2S. The highest BCUT2D eigenvalue weighted by Gasteiger charge is 2.11. The molecule has 0 aromatic heterocycles. The molecule has 0 spiro atoms. The Morgan fingerprint density at radius 3 is 2.16 bits per heavy atom. The fourth-order valence-corrected chi connectivity index (χ4v) is 2.90. The Kier molecular flexibility index (Phi) is 5.53. The predicted octanol–water partition coefficient (Wildman–Crippen LogP) is 6.24. The highest BCUT2D eigenvalue weighted by Crippen LogP contribution is 2.31. The van der Waals surface area contributed by atoms with Crippen molar-refractivity contribution in [3.05, 3.63) is 83.9 Å². The number of benzene rings is 3. The van der Waals surface area contributed by atoms with Crippen LogP contribution in [0.4, 0.5) is 5.69 Å². The second-order valence-electron chi connectivity index (χ2n) is 5.67. The van der Waals surface area contributed by atoms with Crippen LogP contribution < -0.4 is 4.74 Å². The number of nitrogens with zero attached hydrogens (tertiary/aromatic N) is 1. The molecule has 3 rings (SSSR count). The van der Waals surface area contributed by atoms with Gasteiger partial charge in [0.2, 0.25) is 0 Å². The van der Waals surface area contributed by atoms with Gasteiger partial charge in [-0.1, -0.05) is 66.7 Å². The van der Waals surface area contributed by atoms with Crippen LogP contribution >= 0.6 is 12.0 Å². The van der Waals surface area contributed by atoms with Crippen LogP contribution in [-0.4, -0.2) is 9.78 Å². The zero-order valence-electron chi connectivity index (χ0n) is 14.1. The largest absolute Gasteiger partial charge is 0.431 e. The smallest absolute Gasteiger partial charge is 0.284 e. The van der Waals surface area contributed by atoms with Crippen LogP contribution in [0.3, 0.4) is 0 Å². The van der Waals surface area contributed by atoms with Crippen LogP contribution in [0.25, 0.3) is 11.1 Å². The molecule has 0 amide bonds. The average molecular weight is 349 g/mol. The summed E-state index contributed by atoms with van der Waals surface area (Å²) in [7, 11) is 0. The molecule has 4 heteroatoms. The molecule has 0 fully saturated rings. The monoisotopic (exact) mass is 349 g/mol. The molecule has 0 saturated carbocycles. The van der Waals surface area contributed by atoms with E-state index in [1.807, 2.05) is 86.6 Å². The van der Waals surface area contributed by atoms with Gasteiger partial charge in [0.15, 0.2) is 0 Å². The first-order valence-corrected chi connectivity index (χ1v) is 8.75. The molecule has 0 aliphatic rings. The maximum atomic E-state index is 9.65. The van der Waals surface area contributed by atoms with Crippen LogP contribution in [0.1, 0.15) is 11.1 Å². The van der Waals surface area contributed by atoms with Gasteiger partial charge >= 0.3 is 0 Å². The normalized spacial score (nSPS) is 11.4. The lowest BCUT2D eigenvalue weighted by atomic mass is 10.1. The lowest BCUT2D eigenvalue weighted by Gasteiger charge is -2.12. The van der Waals surface area contributed by atoms with Gasteiger partial charge in [-0.2, -0.15) is 0 Å². The van der Waals surface area contributed by atoms with Crippen molar-refractivity contribution in [1.29, 1.82) is 0 Å². The van der Waals surface area contributed by atoms with Crippen LogP contribution in [0, 0.1) is 13.8 Å². The third-order valence-corrected chi connectivity index (χ3v) is 4.22. The lowest BCUT2D eigenvalue weighted by molar-refractivity contribution is 0.560. The van der Waals surface area contributed by atoms with Gasteiger partial charge in [-0.25, -0.2) is 4.99 Å². The van der Waals surface area contributed by atoms with Crippen LogP contribution in [-0.2, 0) is 0 Å². The highest BCUT2D eigenvalue weighted by atomic mass is 32.2. The van der Waals surface area contributed by atoms with Crippen LogP contribution in [0.5, 0.6) is 5.75 Å². The lowest BCUT2D eigenvalue weighted by Crippen LogP contribution is -2.04. The molecule has 25 heavy (non-hydrogen) atoms.